The molecule has 3 rings (SSSR count). The minimum atomic E-state index is 0.0680. The van der Waals surface area contributed by atoms with Gasteiger partial charge < -0.3 is 14.7 Å². The monoisotopic (exact) mass is 345 g/mol. The van der Waals surface area contributed by atoms with E-state index < -0.39 is 0 Å². The lowest BCUT2D eigenvalue weighted by Gasteiger charge is -2.08. The maximum absolute atomic E-state index is 9.71. The van der Waals surface area contributed by atoms with E-state index in [1.807, 2.05) is 6.92 Å². The van der Waals surface area contributed by atoms with Gasteiger partial charge in [0, 0.05) is 21.6 Å². The Kier molecular flexibility index (Phi) is 4.28. The highest BCUT2D eigenvalue weighted by atomic mass is 32.1. The van der Waals surface area contributed by atoms with Gasteiger partial charge in [-0.15, -0.1) is 25.3 Å². The molecule has 0 aliphatic rings. The smallest absolute Gasteiger partial charge is 0.171 e. The summed E-state index contributed by atoms with van der Waals surface area (Å²) in [6.45, 7) is 2.01. The first-order valence-corrected chi connectivity index (χ1v) is 7.94. The zero-order valence-corrected chi connectivity index (χ0v) is 14.1. The first-order valence-electron chi connectivity index (χ1n) is 7.05. The molecule has 0 bridgehead atoms. The van der Waals surface area contributed by atoms with E-state index in [-0.39, 0.29) is 11.5 Å². The van der Waals surface area contributed by atoms with Gasteiger partial charge in [0.2, 0.25) is 0 Å². The van der Waals surface area contributed by atoms with Crippen LogP contribution in [0, 0.1) is 0 Å². The number of nitrogens with zero attached hydrogens (tertiary/aromatic N) is 1. The van der Waals surface area contributed by atoms with Crippen molar-refractivity contribution in [2.45, 2.75) is 23.1 Å². The summed E-state index contributed by atoms with van der Waals surface area (Å²) in [5, 5.41) is 23.3. The second-order valence-electron chi connectivity index (χ2n) is 5.07. The summed E-state index contributed by atoms with van der Waals surface area (Å²) < 4.78 is 5.56. The van der Waals surface area contributed by atoms with E-state index in [9.17, 15) is 10.2 Å². The van der Waals surface area contributed by atoms with Crippen molar-refractivity contribution in [1.29, 1.82) is 0 Å². The summed E-state index contributed by atoms with van der Waals surface area (Å²) in [5.74, 6) is 0.876. The van der Waals surface area contributed by atoms with E-state index in [0.717, 1.165) is 22.4 Å². The SMILES string of the molecule is CCc1c(-c2ccc(O)cc2)noc1-c1ccc(O)c(S)c1S. The van der Waals surface area contributed by atoms with Crippen molar-refractivity contribution in [2.75, 3.05) is 0 Å². The summed E-state index contributed by atoms with van der Waals surface area (Å²) in [4.78, 5) is 0.937. The molecule has 0 aliphatic carbocycles. The summed E-state index contributed by atoms with van der Waals surface area (Å²) in [5.41, 5.74) is 3.25. The zero-order chi connectivity index (χ0) is 16.6. The van der Waals surface area contributed by atoms with Crippen molar-refractivity contribution >= 4 is 25.3 Å². The lowest BCUT2D eigenvalue weighted by molar-refractivity contribution is 0.432. The van der Waals surface area contributed by atoms with Crippen molar-refractivity contribution in [1.82, 2.24) is 5.16 Å². The van der Waals surface area contributed by atoms with Crippen molar-refractivity contribution in [3.8, 4) is 34.1 Å². The highest BCUT2D eigenvalue weighted by Gasteiger charge is 2.20. The lowest BCUT2D eigenvalue weighted by Crippen LogP contribution is -1.89. The Morgan fingerprint density at radius 3 is 2.35 bits per heavy atom. The van der Waals surface area contributed by atoms with Crippen LogP contribution in [0.4, 0.5) is 0 Å². The van der Waals surface area contributed by atoms with Gasteiger partial charge in [0.05, 0.1) is 4.90 Å². The molecule has 1 aromatic heterocycles. The number of thiol groups is 2. The predicted octanol–water partition coefficient (Wildman–Crippen LogP) is 4.56. The molecule has 0 saturated heterocycles. The minimum absolute atomic E-state index is 0.0680. The quantitative estimate of drug-likeness (QED) is 0.525. The van der Waals surface area contributed by atoms with Crippen molar-refractivity contribution in [3.63, 3.8) is 0 Å². The maximum Gasteiger partial charge on any atom is 0.171 e. The second kappa shape index (κ2) is 6.22. The number of phenolic OH excluding ortho intramolecular Hbond substituents is 2. The standard InChI is InChI=1S/C17H15NO3S2/c1-2-11-14(9-3-5-10(19)6-4-9)18-21-15(11)12-7-8-13(20)17(23)16(12)22/h3-8,19-20,22-23H,2H2,1H3. The number of hydrogen-bond acceptors (Lipinski definition) is 6. The molecule has 23 heavy (non-hydrogen) atoms. The molecule has 2 aromatic carbocycles. The number of benzene rings is 2. The van der Waals surface area contributed by atoms with E-state index in [1.54, 1.807) is 36.4 Å². The van der Waals surface area contributed by atoms with Crippen LogP contribution in [0.3, 0.4) is 0 Å². The van der Waals surface area contributed by atoms with Crippen molar-refractivity contribution in [3.05, 3.63) is 42.0 Å². The molecule has 0 atom stereocenters. The lowest BCUT2D eigenvalue weighted by atomic mass is 10.0. The maximum atomic E-state index is 9.71. The van der Waals surface area contributed by atoms with Gasteiger partial charge in [0.1, 0.15) is 17.2 Å². The molecular weight excluding hydrogens is 330 g/mol. The molecule has 0 unspecified atom stereocenters. The normalized spacial score (nSPS) is 10.9. The number of aromatic hydroxyl groups is 2. The van der Waals surface area contributed by atoms with Crippen LogP contribution >= 0.6 is 25.3 Å². The summed E-state index contributed by atoms with van der Waals surface area (Å²) in [6.07, 6.45) is 0.713. The Bertz CT molecular complexity index is 857. The first-order chi connectivity index (χ1) is 11.0. The Balaban J connectivity index is 2.16. The van der Waals surface area contributed by atoms with Gasteiger partial charge in [-0.05, 0) is 42.8 Å². The fourth-order valence-electron chi connectivity index (χ4n) is 2.45. The molecule has 2 N–H and O–H groups in total. The van der Waals surface area contributed by atoms with Crippen LogP contribution in [0.2, 0.25) is 0 Å². The van der Waals surface area contributed by atoms with Crippen molar-refractivity contribution < 1.29 is 14.7 Å². The minimum Gasteiger partial charge on any atom is -0.508 e. The van der Waals surface area contributed by atoms with Crippen LogP contribution in [0.1, 0.15) is 12.5 Å². The fraction of sp³-hybridized carbons (Fsp3) is 0.118. The van der Waals surface area contributed by atoms with E-state index in [0.29, 0.717) is 22.0 Å². The fourth-order valence-corrected chi connectivity index (χ4v) is 2.93. The van der Waals surface area contributed by atoms with Gasteiger partial charge in [0.25, 0.3) is 0 Å². The summed E-state index contributed by atoms with van der Waals surface area (Å²) >= 11 is 8.70. The van der Waals surface area contributed by atoms with Crippen LogP contribution < -0.4 is 0 Å². The average molecular weight is 345 g/mol. The molecule has 6 heteroatoms. The van der Waals surface area contributed by atoms with Crippen molar-refractivity contribution in [2.24, 2.45) is 0 Å². The number of hydrogen-bond donors (Lipinski definition) is 4. The molecule has 118 valence electrons. The Morgan fingerprint density at radius 1 is 1.00 bits per heavy atom. The van der Waals surface area contributed by atoms with Crippen LogP contribution in [0.15, 0.2) is 50.7 Å². The zero-order valence-electron chi connectivity index (χ0n) is 12.3. The molecule has 0 saturated carbocycles. The molecule has 0 amide bonds. The van der Waals surface area contributed by atoms with Crippen LogP contribution in [-0.4, -0.2) is 15.4 Å². The summed E-state index contributed by atoms with van der Waals surface area (Å²) in [6, 6.07) is 10.1. The van der Waals surface area contributed by atoms with Gasteiger partial charge in [0.15, 0.2) is 5.76 Å². The van der Waals surface area contributed by atoms with Crippen LogP contribution in [0.5, 0.6) is 11.5 Å². The molecule has 0 aliphatic heterocycles. The first kappa shape index (κ1) is 15.8. The number of aromatic nitrogens is 1. The average Bonchev–Trinajstić information content (AvgIpc) is 2.97. The Hall–Kier alpha value is -2.05. The van der Waals surface area contributed by atoms with Gasteiger partial charge in [-0.1, -0.05) is 12.1 Å². The van der Waals surface area contributed by atoms with Gasteiger partial charge in [-0.25, -0.2) is 0 Å². The van der Waals surface area contributed by atoms with Gasteiger partial charge in [-0.2, -0.15) is 0 Å². The predicted molar refractivity (Wildman–Crippen MR) is 94.6 cm³/mol. The number of phenols is 2. The van der Waals surface area contributed by atoms with Crippen LogP contribution in [-0.2, 0) is 6.42 Å². The molecule has 4 nitrogen and oxygen atoms in total. The number of rotatable bonds is 3. The molecule has 0 fully saturated rings. The van der Waals surface area contributed by atoms with E-state index in [2.05, 4.69) is 30.4 Å². The van der Waals surface area contributed by atoms with E-state index in [1.165, 1.54) is 0 Å². The molecule has 0 radical (unpaired) electrons. The highest BCUT2D eigenvalue weighted by molar-refractivity contribution is 7.83. The van der Waals surface area contributed by atoms with E-state index >= 15 is 0 Å². The molecule has 1 heterocycles. The van der Waals surface area contributed by atoms with Crippen LogP contribution in [0.25, 0.3) is 22.6 Å². The third-order valence-corrected chi connectivity index (χ3v) is 4.75. The highest BCUT2D eigenvalue weighted by Crippen LogP contribution is 2.40. The summed E-state index contributed by atoms with van der Waals surface area (Å²) in [7, 11) is 0. The molecular formula is C17H15NO3S2. The second-order valence-corrected chi connectivity index (χ2v) is 5.96. The third-order valence-electron chi connectivity index (χ3n) is 3.66. The van der Waals surface area contributed by atoms with E-state index in [4.69, 9.17) is 4.52 Å². The Morgan fingerprint density at radius 2 is 1.70 bits per heavy atom. The Labute approximate surface area is 144 Å². The third kappa shape index (κ3) is 2.80. The van der Waals surface area contributed by atoms with Gasteiger partial charge >= 0.3 is 0 Å². The molecule has 3 aromatic rings. The largest absolute Gasteiger partial charge is 0.508 e. The van der Waals surface area contributed by atoms with Gasteiger partial charge in [-0.3, -0.25) is 0 Å². The molecule has 0 spiro atoms. The topological polar surface area (TPSA) is 66.5 Å².